The molecule has 2 unspecified atom stereocenters. The van der Waals surface area contributed by atoms with Crippen LogP contribution in [0.25, 0.3) is 0 Å². The fourth-order valence-electron chi connectivity index (χ4n) is 3.54. The summed E-state index contributed by atoms with van der Waals surface area (Å²) in [6, 6.07) is 18.6. The standard InChI is InChI=1S/C21H24F3NO2/c22-21(23,24)20(26,16-27-15-18-9-5-2-6-10-18)19-11-12-25(14-19)13-17-7-3-1-4-8-17/h1-10,19,26H,11-16H2. The summed E-state index contributed by atoms with van der Waals surface area (Å²) in [6.07, 6.45) is -4.45. The van der Waals surface area contributed by atoms with E-state index >= 15 is 0 Å². The Bertz CT molecular complexity index is 708. The molecule has 1 aliphatic rings. The summed E-state index contributed by atoms with van der Waals surface area (Å²) in [7, 11) is 0. The highest BCUT2D eigenvalue weighted by molar-refractivity contribution is 5.15. The Kier molecular flexibility index (Phi) is 6.19. The first kappa shape index (κ1) is 19.9. The Morgan fingerprint density at radius 1 is 0.963 bits per heavy atom. The number of likely N-dealkylation sites (tertiary alicyclic amines) is 1. The Balaban J connectivity index is 1.62. The number of alkyl halides is 3. The average molecular weight is 379 g/mol. The number of ether oxygens (including phenoxy) is 1. The third-order valence-electron chi connectivity index (χ3n) is 5.12. The topological polar surface area (TPSA) is 32.7 Å². The predicted molar refractivity (Wildman–Crippen MR) is 96.9 cm³/mol. The van der Waals surface area contributed by atoms with E-state index in [1.807, 2.05) is 41.3 Å². The number of hydrogen-bond donors (Lipinski definition) is 1. The lowest BCUT2D eigenvalue weighted by molar-refractivity contribution is -0.293. The van der Waals surface area contributed by atoms with E-state index in [1.165, 1.54) is 0 Å². The molecule has 0 radical (unpaired) electrons. The summed E-state index contributed by atoms with van der Waals surface area (Å²) in [6.45, 7) is 0.585. The Morgan fingerprint density at radius 3 is 2.15 bits per heavy atom. The molecule has 3 nitrogen and oxygen atoms in total. The molecule has 2 aromatic rings. The number of hydrogen-bond acceptors (Lipinski definition) is 3. The van der Waals surface area contributed by atoms with Crippen molar-refractivity contribution in [2.75, 3.05) is 19.7 Å². The highest BCUT2D eigenvalue weighted by Crippen LogP contribution is 2.41. The van der Waals surface area contributed by atoms with Crippen molar-refractivity contribution in [2.45, 2.75) is 31.3 Å². The van der Waals surface area contributed by atoms with Crippen molar-refractivity contribution in [2.24, 2.45) is 5.92 Å². The Labute approximate surface area is 157 Å². The monoisotopic (exact) mass is 379 g/mol. The number of aliphatic hydroxyl groups is 1. The first-order chi connectivity index (χ1) is 12.9. The quantitative estimate of drug-likeness (QED) is 0.789. The van der Waals surface area contributed by atoms with Gasteiger partial charge in [0.25, 0.3) is 0 Å². The molecule has 2 aromatic carbocycles. The third kappa shape index (κ3) is 4.89. The van der Waals surface area contributed by atoms with Crippen LogP contribution in [-0.4, -0.2) is 41.5 Å². The number of nitrogens with zero attached hydrogens (tertiary/aromatic N) is 1. The van der Waals surface area contributed by atoms with Crippen molar-refractivity contribution >= 4 is 0 Å². The maximum absolute atomic E-state index is 13.7. The van der Waals surface area contributed by atoms with Crippen LogP contribution in [0.4, 0.5) is 13.2 Å². The molecule has 1 aliphatic heterocycles. The average Bonchev–Trinajstić information content (AvgIpc) is 3.11. The van der Waals surface area contributed by atoms with Gasteiger partial charge in [-0.25, -0.2) is 0 Å². The minimum Gasteiger partial charge on any atom is -0.378 e. The summed E-state index contributed by atoms with van der Waals surface area (Å²) in [5.41, 5.74) is -1.01. The van der Waals surface area contributed by atoms with Gasteiger partial charge in [-0.15, -0.1) is 0 Å². The molecule has 0 spiro atoms. The minimum absolute atomic E-state index is 0.0413. The SMILES string of the molecule is OC(COCc1ccccc1)(C1CCN(Cc2ccccc2)C1)C(F)(F)F. The van der Waals surface area contributed by atoms with Crippen LogP contribution in [0.5, 0.6) is 0 Å². The van der Waals surface area contributed by atoms with E-state index in [4.69, 9.17) is 4.74 Å². The molecule has 1 fully saturated rings. The van der Waals surface area contributed by atoms with Crippen LogP contribution in [0.3, 0.4) is 0 Å². The fraction of sp³-hybridized carbons (Fsp3) is 0.429. The minimum atomic E-state index is -4.74. The summed E-state index contributed by atoms with van der Waals surface area (Å²) in [5, 5.41) is 10.5. The maximum atomic E-state index is 13.7. The van der Waals surface area contributed by atoms with Gasteiger partial charge in [0.2, 0.25) is 0 Å². The van der Waals surface area contributed by atoms with E-state index in [9.17, 15) is 18.3 Å². The van der Waals surface area contributed by atoms with Gasteiger partial charge >= 0.3 is 6.18 Å². The summed E-state index contributed by atoms with van der Waals surface area (Å²) < 4.78 is 46.4. The van der Waals surface area contributed by atoms with Crippen LogP contribution >= 0.6 is 0 Å². The van der Waals surface area contributed by atoms with Crippen molar-refractivity contribution in [3.05, 3.63) is 71.8 Å². The molecule has 2 atom stereocenters. The van der Waals surface area contributed by atoms with E-state index in [1.54, 1.807) is 24.3 Å². The zero-order valence-corrected chi connectivity index (χ0v) is 15.0. The zero-order valence-electron chi connectivity index (χ0n) is 15.0. The summed E-state index contributed by atoms with van der Waals surface area (Å²) in [5.74, 6) is -0.906. The van der Waals surface area contributed by atoms with Crippen LogP contribution in [0, 0.1) is 5.92 Å². The Hall–Kier alpha value is -1.89. The summed E-state index contributed by atoms with van der Waals surface area (Å²) >= 11 is 0. The predicted octanol–water partition coefficient (Wildman–Crippen LogP) is 4.02. The van der Waals surface area contributed by atoms with Crippen molar-refractivity contribution in [1.82, 2.24) is 4.90 Å². The van der Waals surface area contributed by atoms with Gasteiger partial charge in [-0.05, 0) is 24.1 Å². The van der Waals surface area contributed by atoms with Crippen LogP contribution in [0.15, 0.2) is 60.7 Å². The number of benzene rings is 2. The molecule has 0 saturated carbocycles. The molecule has 0 bridgehead atoms. The van der Waals surface area contributed by atoms with Crippen molar-refractivity contribution in [3.8, 4) is 0 Å². The van der Waals surface area contributed by atoms with E-state index < -0.39 is 24.3 Å². The van der Waals surface area contributed by atoms with Crippen LogP contribution < -0.4 is 0 Å². The van der Waals surface area contributed by atoms with Gasteiger partial charge in [-0.1, -0.05) is 60.7 Å². The van der Waals surface area contributed by atoms with Crippen LogP contribution in [0.2, 0.25) is 0 Å². The first-order valence-electron chi connectivity index (χ1n) is 9.05. The van der Waals surface area contributed by atoms with E-state index in [-0.39, 0.29) is 19.6 Å². The lowest BCUT2D eigenvalue weighted by Gasteiger charge is -2.35. The molecule has 3 rings (SSSR count). The van der Waals surface area contributed by atoms with Crippen molar-refractivity contribution < 1.29 is 23.0 Å². The second kappa shape index (κ2) is 8.42. The molecule has 1 saturated heterocycles. The highest BCUT2D eigenvalue weighted by atomic mass is 19.4. The molecule has 146 valence electrons. The summed E-state index contributed by atoms with van der Waals surface area (Å²) in [4.78, 5) is 1.95. The second-order valence-corrected chi connectivity index (χ2v) is 7.11. The molecule has 1 heterocycles. The van der Waals surface area contributed by atoms with E-state index in [0.29, 0.717) is 13.1 Å². The van der Waals surface area contributed by atoms with Gasteiger partial charge in [0.15, 0.2) is 5.60 Å². The molecule has 0 aromatic heterocycles. The maximum Gasteiger partial charge on any atom is 0.419 e. The molecule has 27 heavy (non-hydrogen) atoms. The number of rotatable bonds is 7. The van der Waals surface area contributed by atoms with Gasteiger partial charge in [0.1, 0.15) is 0 Å². The van der Waals surface area contributed by atoms with Gasteiger partial charge < -0.3 is 9.84 Å². The molecule has 6 heteroatoms. The highest BCUT2D eigenvalue weighted by Gasteiger charge is 2.59. The molecule has 1 N–H and O–H groups in total. The molecular formula is C21H24F3NO2. The lowest BCUT2D eigenvalue weighted by Crippen LogP contribution is -2.55. The van der Waals surface area contributed by atoms with Gasteiger partial charge in [0, 0.05) is 19.0 Å². The first-order valence-corrected chi connectivity index (χ1v) is 9.05. The van der Waals surface area contributed by atoms with Crippen LogP contribution in [-0.2, 0) is 17.9 Å². The van der Waals surface area contributed by atoms with Crippen LogP contribution in [0.1, 0.15) is 17.5 Å². The van der Waals surface area contributed by atoms with E-state index in [0.717, 1.165) is 11.1 Å². The van der Waals surface area contributed by atoms with E-state index in [2.05, 4.69) is 0 Å². The van der Waals surface area contributed by atoms with Crippen molar-refractivity contribution in [1.29, 1.82) is 0 Å². The van der Waals surface area contributed by atoms with Crippen molar-refractivity contribution in [3.63, 3.8) is 0 Å². The van der Waals surface area contributed by atoms with Gasteiger partial charge in [-0.3, -0.25) is 4.90 Å². The smallest absolute Gasteiger partial charge is 0.378 e. The normalized spacial score (nSPS) is 20.5. The lowest BCUT2D eigenvalue weighted by atomic mass is 9.86. The molecular weight excluding hydrogens is 355 g/mol. The Morgan fingerprint density at radius 2 is 1.56 bits per heavy atom. The zero-order chi connectivity index (χ0) is 19.3. The molecule has 0 amide bonds. The fourth-order valence-corrected chi connectivity index (χ4v) is 3.54. The third-order valence-corrected chi connectivity index (χ3v) is 5.12. The largest absolute Gasteiger partial charge is 0.419 e. The van der Waals surface area contributed by atoms with Gasteiger partial charge in [0.05, 0.1) is 13.2 Å². The van der Waals surface area contributed by atoms with Gasteiger partial charge in [-0.2, -0.15) is 13.2 Å². The number of halogens is 3. The second-order valence-electron chi connectivity index (χ2n) is 7.11. The molecule has 0 aliphatic carbocycles.